The molecule has 6 nitrogen and oxygen atoms in total. The van der Waals surface area contributed by atoms with Crippen molar-refractivity contribution in [2.24, 2.45) is 9.98 Å². The lowest BCUT2D eigenvalue weighted by atomic mass is 9.97. The molecule has 1 heterocycles. The van der Waals surface area contributed by atoms with Gasteiger partial charge in [0.15, 0.2) is 28.8 Å². The molecule has 0 spiro atoms. The van der Waals surface area contributed by atoms with Crippen molar-refractivity contribution in [2.45, 2.75) is 0 Å². The Kier molecular flexibility index (Phi) is 5.14. The molecule has 7 heteroatoms. The quantitative estimate of drug-likeness (QED) is 0.854. The van der Waals surface area contributed by atoms with Crippen LogP contribution in [0.1, 0.15) is 5.56 Å². The molecule has 1 N–H and O–H groups in total. The summed E-state index contributed by atoms with van der Waals surface area (Å²) in [5.74, 6) is 1.79. The van der Waals surface area contributed by atoms with Crippen molar-refractivity contribution < 1.29 is 19.3 Å². The third-order valence-corrected chi connectivity index (χ3v) is 4.17. The Labute approximate surface area is 156 Å². The molecule has 0 amide bonds. The third kappa shape index (κ3) is 3.23. The highest BCUT2D eigenvalue weighted by Gasteiger charge is 2.20. The first-order valence-electron chi connectivity index (χ1n) is 7.69. The Morgan fingerprint density at radius 2 is 1.65 bits per heavy atom. The van der Waals surface area contributed by atoms with Crippen LogP contribution in [0.5, 0.6) is 23.0 Å². The molecule has 1 aliphatic rings. The van der Waals surface area contributed by atoms with Gasteiger partial charge in [-0.3, -0.25) is 0 Å². The Bertz CT molecular complexity index is 922. The number of halogens is 1. The summed E-state index contributed by atoms with van der Waals surface area (Å²) in [4.78, 5) is 8.31. The van der Waals surface area contributed by atoms with Gasteiger partial charge in [-0.05, 0) is 35.4 Å². The lowest BCUT2D eigenvalue weighted by Crippen LogP contribution is -1.95. The molecular formula is C19H17ClN2O4. The number of hydrogen-bond donors (Lipinski definition) is 1. The van der Waals surface area contributed by atoms with Crippen molar-refractivity contribution in [2.75, 3.05) is 21.3 Å². The summed E-state index contributed by atoms with van der Waals surface area (Å²) >= 11 is 6.17. The van der Waals surface area contributed by atoms with E-state index in [9.17, 15) is 5.11 Å². The second-order valence-electron chi connectivity index (χ2n) is 5.33. The Hall–Kier alpha value is -2.99. The molecule has 2 aromatic rings. The minimum absolute atomic E-state index is 0.139. The van der Waals surface area contributed by atoms with Gasteiger partial charge in [0, 0.05) is 18.0 Å². The first kappa shape index (κ1) is 17.8. The van der Waals surface area contributed by atoms with Crippen molar-refractivity contribution in [3.05, 3.63) is 40.7 Å². The van der Waals surface area contributed by atoms with Gasteiger partial charge < -0.3 is 19.3 Å². The average Bonchev–Trinajstić information content (AvgIpc) is 3.16. The van der Waals surface area contributed by atoms with Crippen molar-refractivity contribution in [3.8, 4) is 34.1 Å². The second-order valence-corrected chi connectivity index (χ2v) is 5.74. The first-order valence-corrected chi connectivity index (χ1v) is 8.07. The fourth-order valence-electron chi connectivity index (χ4n) is 2.70. The highest BCUT2D eigenvalue weighted by Crippen LogP contribution is 2.46. The second kappa shape index (κ2) is 7.49. The van der Waals surface area contributed by atoms with E-state index >= 15 is 0 Å². The largest absolute Gasteiger partial charge is 0.503 e. The summed E-state index contributed by atoms with van der Waals surface area (Å²) in [5.41, 5.74) is 2.09. The fourth-order valence-corrected chi connectivity index (χ4v) is 2.91. The summed E-state index contributed by atoms with van der Waals surface area (Å²) in [7, 11) is 4.60. The third-order valence-electron chi connectivity index (χ3n) is 3.88. The smallest absolute Gasteiger partial charge is 0.177 e. The predicted octanol–water partition coefficient (Wildman–Crippen LogP) is 4.19. The Morgan fingerprint density at radius 3 is 2.27 bits per heavy atom. The van der Waals surface area contributed by atoms with Gasteiger partial charge >= 0.3 is 0 Å². The molecule has 0 unspecified atom stereocenters. The van der Waals surface area contributed by atoms with Gasteiger partial charge in [0.1, 0.15) is 0 Å². The molecule has 0 atom stereocenters. The zero-order chi connectivity index (χ0) is 18.7. The number of nitrogens with zero attached hydrogens (tertiary/aromatic N) is 2. The minimum Gasteiger partial charge on any atom is -0.503 e. The Balaban J connectivity index is 2.28. The summed E-state index contributed by atoms with van der Waals surface area (Å²) in [6, 6.07) is 7.06. The number of ether oxygens (including phenoxy) is 3. The normalized spacial score (nSPS) is 12.4. The number of methoxy groups -OCH3 is 3. The standard InChI is InChI=1S/C19H17ClN2O4/c1-24-14-5-4-11(9-15(14)25-2)17-12(10-16-21-6-7-22-16)8-13(20)18(23)19(17)26-3/h4-10,23H,1-3H3. The van der Waals surface area contributed by atoms with Crippen LogP contribution in [0.25, 0.3) is 17.2 Å². The summed E-state index contributed by atoms with van der Waals surface area (Å²) in [5, 5.41) is 10.5. The number of phenols is 1. The fraction of sp³-hybridized carbons (Fsp3) is 0.158. The number of hydrogen-bond acceptors (Lipinski definition) is 6. The molecule has 0 bridgehead atoms. The molecule has 3 rings (SSSR count). The van der Waals surface area contributed by atoms with Crippen LogP contribution in [0.15, 0.2) is 40.1 Å². The van der Waals surface area contributed by atoms with E-state index in [4.69, 9.17) is 25.8 Å². The van der Waals surface area contributed by atoms with Gasteiger partial charge in [0.25, 0.3) is 0 Å². The molecule has 0 saturated carbocycles. The molecule has 1 aliphatic heterocycles. The van der Waals surface area contributed by atoms with Crippen molar-refractivity contribution in [1.82, 2.24) is 0 Å². The van der Waals surface area contributed by atoms with E-state index in [-0.39, 0.29) is 16.5 Å². The van der Waals surface area contributed by atoms with Crippen molar-refractivity contribution >= 4 is 30.1 Å². The van der Waals surface area contributed by atoms with Crippen LogP contribution in [0.3, 0.4) is 0 Å². The van der Waals surface area contributed by atoms with E-state index in [1.54, 1.807) is 50.9 Å². The van der Waals surface area contributed by atoms with Gasteiger partial charge in [-0.1, -0.05) is 17.7 Å². The van der Waals surface area contributed by atoms with E-state index in [1.807, 2.05) is 6.07 Å². The topological polar surface area (TPSA) is 72.6 Å². The van der Waals surface area contributed by atoms with Gasteiger partial charge in [-0.2, -0.15) is 0 Å². The van der Waals surface area contributed by atoms with Crippen LogP contribution in [-0.4, -0.2) is 38.9 Å². The summed E-state index contributed by atoms with van der Waals surface area (Å²) in [6.07, 6.45) is 4.96. The molecule has 0 aliphatic carbocycles. The number of aliphatic imine (C=N–C) groups is 2. The summed E-state index contributed by atoms with van der Waals surface area (Å²) < 4.78 is 16.1. The van der Waals surface area contributed by atoms with E-state index in [0.717, 1.165) is 5.56 Å². The van der Waals surface area contributed by atoms with Crippen molar-refractivity contribution in [1.29, 1.82) is 0 Å². The highest BCUT2D eigenvalue weighted by atomic mass is 35.5. The van der Waals surface area contributed by atoms with Gasteiger partial charge in [0.2, 0.25) is 0 Å². The van der Waals surface area contributed by atoms with Gasteiger partial charge in [-0.15, -0.1) is 0 Å². The Morgan fingerprint density at radius 1 is 0.962 bits per heavy atom. The zero-order valence-electron chi connectivity index (χ0n) is 14.5. The lowest BCUT2D eigenvalue weighted by molar-refractivity contribution is 0.355. The lowest BCUT2D eigenvalue weighted by Gasteiger charge is -2.17. The maximum absolute atomic E-state index is 10.4. The monoisotopic (exact) mass is 372 g/mol. The number of rotatable bonds is 5. The van der Waals surface area contributed by atoms with E-state index in [2.05, 4.69) is 9.98 Å². The van der Waals surface area contributed by atoms with Crippen LogP contribution in [0.4, 0.5) is 0 Å². The molecule has 134 valence electrons. The van der Waals surface area contributed by atoms with E-state index < -0.39 is 0 Å². The van der Waals surface area contributed by atoms with Gasteiger partial charge in [0.05, 0.1) is 26.4 Å². The average molecular weight is 373 g/mol. The van der Waals surface area contributed by atoms with Crippen LogP contribution in [0.2, 0.25) is 5.02 Å². The molecular weight excluding hydrogens is 356 g/mol. The molecule has 2 aromatic carbocycles. The molecule has 0 fully saturated rings. The molecule has 0 aromatic heterocycles. The zero-order valence-corrected chi connectivity index (χ0v) is 15.2. The van der Waals surface area contributed by atoms with E-state index in [1.165, 1.54) is 7.11 Å². The molecule has 0 saturated heterocycles. The number of benzene rings is 2. The number of phenolic OH excluding ortho intramolecular Hbond substituents is 1. The molecule has 0 radical (unpaired) electrons. The molecule has 26 heavy (non-hydrogen) atoms. The van der Waals surface area contributed by atoms with Crippen LogP contribution in [-0.2, 0) is 0 Å². The highest BCUT2D eigenvalue weighted by molar-refractivity contribution is 6.32. The van der Waals surface area contributed by atoms with Crippen LogP contribution >= 0.6 is 11.6 Å². The predicted molar refractivity (Wildman–Crippen MR) is 103 cm³/mol. The first-order chi connectivity index (χ1) is 12.6. The maximum atomic E-state index is 10.4. The van der Waals surface area contributed by atoms with Gasteiger partial charge in [-0.25, -0.2) is 9.98 Å². The number of aromatic hydroxyl groups is 1. The van der Waals surface area contributed by atoms with Crippen molar-refractivity contribution in [3.63, 3.8) is 0 Å². The summed E-state index contributed by atoms with van der Waals surface area (Å²) in [6.45, 7) is 0. The van der Waals surface area contributed by atoms with E-state index in [0.29, 0.717) is 28.4 Å². The van der Waals surface area contributed by atoms with Crippen LogP contribution in [0, 0.1) is 0 Å². The SMILES string of the molecule is COc1ccc(-c2c(C=C3N=CC=N3)cc(Cl)c(O)c2OC)cc1OC. The van der Waals surface area contributed by atoms with Crippen LogP contribution < -0.4 is 14.2 Å². The minimum atomic E-state index is -0.139. The maximum Gasteiger partial charge on any atom is 0.177 e.